The third-order valence-electron chi connectivity index (χ3n) is 4.86. The Balaban J connectivity index is 1.62. The molecular formula is C17H20N2O2. The molecule has 0 amide bonds. The standard InChI is InChI=1S/C17H20N2O2/c20-17(21)12-6-8-19(9-7-12)16-3-1-2-14-13(16)10-15(18-14)11-4-5-11/h1-3,10-12,18H,4-9H2,(H,20,21). The van der Waals surface area contributed by atoms with Crippen LogP contribution in [0.1, 0.15) is 37.3 Å². The van der Waals surface area contributed by atoms with Gasteiger partial charge in [-0.25, -0.2) is 0 Å². The normalized spacial score (nSPS) is 20.1. The summed E-state index contributed by atoms with van der Waals surface area (Å²) in [6.45, 7) is 1.67. The smallest absolute Gasteiger partial charge is 0.306 e. The molecule has 110 valence electrons. The molecule has 2 N–H and O–H groups in total. The Hall–Kier alpha value is -1.97. The summed E-state index contributed by atoms with van der Waals surface area (Å²) in [5.74, 6) is -0.0952. The maximum Gasteiger partial charge on any atom is 0.306 e. The van der Waals surface area contributed by atoms with Crippen LogP contribution in [0.5, 0.6) is 0 Å². The van der Waals surface area contributed by atoms with Crippen LogP contribution in [0.3, 0.4) is 0 Å². The van der Waals surface area contributed by atoms with E-state index in [-0.39, 0.29) is 5.92 Å². The maximum absolute atomic E-state index is 11.1. The molecular weight excluding hydrogens is 264 g/mol. The molecule has 1 saturated carbocycles. The molecule has 0 spiro atoms. The summed E-state index contributed by atoms with van der Waals surface area (Å²) in [6.07, 6.45) is 4.08. The summed E-state index contributed by atoms with van der Waals surface area (Å²) in [5, 5.41) is 10.4. The molecule has 21 heavy (non-hydrogen) atoms. The van der Waals surface area contributed by atoms with Gasteiger partial charge < -0.3 is 15.0 Å². The first kappa shape index (κ1) is 12.7. The number of anilines is 1. The number of piperidine rings is 1. The second-order valence-corrected chi connectivity index (χ2v) is 6.34. The summed E-state index contributed by atoms with van der Waals surface area (Å²) in [7, 11) is 0. The van der Waals surface area contributed by atoms with Crippen molar-refractivity contribution in [3.8, 4) is 0 Å². The molecule has 0 atom stereocenters. The zero-order valence-corrected chi connectivity index (χ0v) is 12.0. The molecule has 4 nitrogen and oxygen atoms in total. The van der Waals surface area contributed by atoms with Crippen LogP contribution in [-0.4, -0.2) is 29.1 Å². The molecule has 1 aliphatic carbocycles. The fourth-order valence-electron chi connectivity index (χ4n) is 3.42. The highest BCUT2D eigenvalue weighted by Crippen LogP contribution is 2.42. The molecule has 2 heterocycles. The van der Waals surface area contributed by atoms with Gasteiger partial charge in [0.05, 0.1) is 5.92 Å². The van der Waals surface area contributed by atoms with E-state index in [1.807, 2.05) is 0 Å². The Kier molecular flexibility index (Phi) is 2.91. The van der Waals surface area contributed by atoms with Gasteiger partial charge in [-0.3, -0.25) is 4.79 Å². The Bertz CT molecular complexity index is 679. The van der Waals surface area contributed by atoms with E-state index in [2.05, 4.69) is 34.1 Å². The lowest BCUT2D eigenvalue weighted by molar-refractivity contribution is -0.142. The Labute approximate surface area is 123 Å². The fourth-order valence-corrected chi connectivity index (χ4v) is 3.42. The Morgan fingerprint density at radius 1 is 1.19 bits per heavy atom. The van der Waals surface area contributed by atoms with Crippen molar-refractivity contribution in [3.05, 3.63) is 30.0 Å². The Morgan fingerprint density at radius 3 is 2.62 bits per heavy atom. The lowest BCUT2D eigenvalue weighted by Gasteiger charge is -2.32. The summed E-state index contributed by atoms with van der Waals surface area (Å²) in [5.41, 5.74) is 3.81. The molecule has 1 saturated heterocycles. The van der Waals surface area contributed by atoms with Crippen LogP contribution < -0.4 is 4.90 Å². The SMILES string of the molecule is O=C(O)C1CCN(c2cccc3[nH]c(C4CC4)cc23)CC1. The molecule has 0 bridgehead atoms. The van der Waals surface area contributed by atoms with E-state index in [1.54, 1.807) is 0 Å². The minimum absolute atomic E-state index is 0.172. The zero-order valence-electron chi connectivity index (χ0n) is 12.0. The number of fused-ring (bicyclic) bond motifs is 1. The van der Waals surface area contributed by atoms with Crippen molar-refractivity contribution in [2.45, 2.75) is 31.6 Å². The van der Waals surface area contributed by atoms with Crippen molar-refractivity contribution in [2.24, 2.45) is 5.92 Å². The third-order valence-corrected chi connectivity index (χ3v) is 4.86. The predicted octanol–water partition coefficient (Wildman–Crippen LogP) is 3.35. The predicted molar refractivity (Wildman–Crippen MR) is 82.8 cm³/mol. The minimum Gasteiger partial charge on any atom is -0.481 e. The van der Waals surface area contributed by atoms with E-state index in [0.29, 0.717) is 0 Å². The van der Waals surface area contributed by atoms with E-state index in [9.17, 15) is 4.79 Å². The lowest BCUT2D eigenvalue weighted by Crippen LogP contribution is -2.36. The van der Waals surface area contributed by atoms with Gasteiger partial charge in [0, 0.05) is 35.4 Å². The number of aliphatic carboxylic acids is 1. The van der Waals surface area contributed by atoms with Crippen LogP contribution in [0.4, 0.5) is 5.69 Å². The molecule has 1 aliphatic heterocycles. The van der Waals surface area contributed by atoms with Crippen LogP contribution in [-0.2, 0) is 4.79 Å². The largest absolute Gasteiger partial charge is 0.481 e. The number of carboxylic acid groups (broad SMARTS) is 1. The number of carboxylic acids is 1. The minimum atomic E-state index is -0.648. The van der Waals surface area contributed by atoms with Crippen molar-refractivity contribution in [1.82, 2.24) is 4.98 Å². The molecule has 4 heteroatoms. The first-order valence-electron chi connectivity index (χ1n) is 7.82. The monoisotopic (exact) mass is 284 g/mol. The van der Waals surface area contributed by atoms with Crippen molar-refractivity contribution >= 4 is 22.6 Å². The van der Waals surface area contributed by atoms with Crippen LogP contribution in [0.25, 0.3) is 10.9 Å². The molecule has 0 unspecified atom stereocenters. The van der Waals surface area contributed by atoms with Gasteiger partial charge in [-0.2, -0.15) is 0 Å². The van der Waals surface area contributed by atoms with Gasteiger partial charge in [-0.15, -0.1) is 0 Å². The van der Waals surface area contributed by atoms with E-state index < -0.39 is 5.97 Å². The maximum atomic E-state index is 11.1. The highest BCUT2D eigenvalue weighted by molar-refractivity contribution is 5.93. The first-order valence-corrected chi connectivity index (χ1v) is 7.82. The molecule has 4 rings (SSSR count). The average molecular weight is 284 g/mol. The second-order valence-electron chi connectivity index (χ2n) is 6.34. The number of hydrogen-bond acceptors (Lipinski definition) is 2. The molecule has 2 aromatic rings. The molecule has 2 aliphatic rings. The molecule has 1 aromatic heterocycles. The Morgan fingerprint density at radius 2 is 1.95 bits per heavy atom. The van der Waals surface area contributed by atoms with E-state index >= 15 is 0 Å². The highest BCUT2D eigenvalue weighted by Gasteiger charge is 2.27. The van der Waals surface area contributed by atoms with E-state index in [4.69, 9.17) is 5.11 Å². The number of benzene rings is 1. The van der Waals surface area contributed by atoms with Gasteiger partial charge >= 0.3 is 5.97 Å². The number of carbonyl (C=O) groups is 1. The number of rotatable bonds is 3. The highest BCUT2D eigenvalue weighted by atomic mass is 16.4. The quantitative estimate of drug-likeness (QED) is 0.908. The van der Waals surface area contributed by atoms with E-state index in [0.717, 1.165) is 31.8 Å². The molecule has 1 aromatic carbocycles. The number of aromatic amines is 1. The number of nitrogens with zero attached hydrogens (tertiary/aromatic N) is 1. The lowest BCUT2D eigenvalue weighted by atomic mass is 9.96. The third kappa shape index (κ3) is 2.28. The van der Waals surface area contributed by atoms with Crippen LogP contribution >= 0.6 is 0 Å². The van der Waals surface area contributed by atoms with Crippen LogP contribution in [0.15, 0.2) is 24.3 Å². The van der Waals surface area contributed by atoms with Gasteiger partial charge in [0.2, 0.25) is 0 Å². The van der Waals surface area contributed by atoms with Gasteiger partial charge in [0.15, 0.2) is 0 Å². The van der Waals surface area contributed by atoms with Crippen molar-refractivity contribution in [2.75, 3.05) is 18.0 Å². The first-order chi connectivity index (χ1) is 10.2. The second kappa shape index (κ2) is 4.79. The van der Waals surface area contributed by atoms with Crippen molar-refractivity contribution in [1.29, 1.82) is 0 Å². The van der Waals surface area contributed by atoms with Crippen LogP contribution in [0, 0.1) is 5.92 Å². The number of aromatic nitrogens is 1. The molecule has 0 radical (unpaired) electrons. The van der Waals surface area contributed by atoms with E-state index in [1.165, 1.54) is 35.1 Å². The summed E-state index contributed by atoms with van der Waals surface area (Å²) < 4.78 is 0. The van der Waals surface area contributed by atoms with Gasteiger partial charge in [-0.05, 0) is 49.8 Å². The van der Waals surface area contributed by atoms with Crippen molar-refractivity contribution < 1.29 is 9.90 Å². The summed E-state index contributed by atoms with van der Waals surface area (Å²) >= 11 is 0. The fraction of sp³-hybridized carbons (Fsp3) is 0.471. The molecule has 2 fully saturated rings. The van der Waals surface area contributed by atoms with Gasteiger partial charge in [0.1, 0.15) is 0 Å². The van der Waals surface area contributed by atoms with Gasteiger partial charge in [0.25, 0.3) is 0 Å². The summed E-state index contributed by atoms with van der Waals surface area (Å²) in [6, 6.07) is 8.68. The van der Waals surface area contributed by atoms with Gasteiger partial charge in [-0.1, -0.05) is 6.07 Å². The average Bonchev–Trinajstić information content (AvgIpc) is 3.26. The van der Waals surface area contributed by atoms with Crippen LogP contribution in [0.2, 0.25) is 0 Å². The number of nitrogens with one attached hydrogen (secondary N) is 1. The topological polar surface area (TPSA) is 56.3 Å². The number of H-pyrrole nitrogens is 1. The summed E-state index contributed by atoms with van der Waals surface area (Å²) in [4.78, 5) is 17.0. The number of hydrogen-bond donors (Lipinski definition) is 2. The zero-order chi connectivity index (χ0) is 14.4. The van der Waals surface area contributed by atoms with Crippen molar-refractivity contribution in [3.63, 3.8) is 0 Å².